The Morgan fingerprint density at radius 2 is 1.67 bits per heavy atom. The molecule has 0 fully saturated rings. The number of ether oxygens (including phenoxy) is 2. The highest BCUT2D eigenvalue weighted by molar-refractivity contribution is 5.72. The van der Waals surface area contributed by atoms with Gasteiger partial charge >= 0.3 is 11.9 Å². The van der Waals surface area contributed by atoms with E-state index >= 15 is 0 Å². The summed E-state index contributed by atoms with van der Waals surface area (Å²) in [6.45, 7) is 4.77. The summed E-state index contributed by atoms with van der Waals surface area (Å²) in [6, 6.07) is 7.79. The second-order valence-electron chi connectivity index (χ2n) is 5.01. The van der Waals surface area contributed by atoms with Crippen LogP contribution >= 0.6 is 0 Å². The van der Waals surface area contributed by atoms with Crippen LogP contribution in [0.15, 0.2) is 24.3 Å². The molecule has 4 heteroatoms. The summed E-state index contributed by atoms with van der Waals surface area (Å²) in [4.78, 5) is 22.9. The zero-order chi connectivity index (χ0) is 15.5. The third-order valence-electron chi connectivity index (χ3n) is 3.17. The van der Waals surface area contributed by atoms with E-state index in [0.717, 1.165) is 24.0 Å². The summed E-state index contributed by atoms with van der Waals surface area (Å²) < 4.78 is 10.2. The predicted molar refractivity (Wildman–Crippen MR) is 80.7 cm³/mol. The zero-order valence-electron chi connectivity index (χ0n) is 12.9. The highest BCUT2D eigenvalue weighted by atomic mass is 16.5. The molecule has 0 saturated heterocycles. The number of carbonyl (C=O) groups excluding carboxylic acids is 2. The van der Waals surface area contributed by atoms with Gasteiger partial charge in [0.25, 0.3) is 0 Å². The Kier molecular flexibility index (Phi) is 8.17. The molecule has 0 unspecified atom stereocenters. The third kappa shape index (κ3) is 7.49. The molecule has 1 aromatic carbocycles. The van der Waals surface area contributed by atoms with Gasteiger partial charge in [0.05, 0.1) is 6.61 Å². The van der Waals surface area contributed by atoms with Gasteiger partial charge < -0.3 is 9.47 Å². The van der Waals surface area contributed by atoms with Gasteiger partial charge in [-0.1, -0.05) is 37.6 Å². The van der Waals surface area contributed by atoms with Crippen molar-refractivity contribution in [2.24, 2.45) is 0 Å². The molecule has 0 aliphatic carbocycles. The number of aryl methyl sites for hydroxylation is 1. The lowest BCUT2D eigenvalue weighted by molar-refractivity contribution is -0.146. The molecule has 0 atom stereocenters. The summed E-state index contributed by atoms with van der Waals surface area (Å²) in [5.41, 5.74) is 2.11. The summed E-state index contributed by atoms with van der Waals surface area (Å²) in [7, 11) is 0. The van der Waals surface area contributed by atoms with Crippen LogP contribution in [-0.4, -0.2) is 18.5 Å². The molecule has 4 nitrogen and oxygen atoms in total. The highest BCUT2D eigenvalue weighted by Gasteiger charge is 2.08. The fourth-order valence-corrected chi connectivity index (χ4v) is 1.78. The fraction of sp³-hybridized carbons (Fsp3) is 0.529. The highest BCUT2D eigenvalue weighted by Crippen LogP contribution is 2.09. The molecule has 0 saturated carbocycles. The van der Waals surface area contributed by atoms with Crippen LogP contribution in [0.3, 0.4) is 0 Å². The molecule has 0 radical (unpaired) electrons. The van der Waals surface area contributed by atoms with E-state index in [1.165, 1.54) is 0 Å². The third-order valence-corrected chi connectivity index (χ3v) is 3.17. The van der Waals surface area contributed by atoms with Crippen LogP contribution in [0.5, 0.6) is 0 Å². The Bertz CT molecular complexity index is 454. The van der Waals surface area contributed by atoms with Crippen molar-refractivity contribution in [2.75, 3.05) is 6.61 Å². The zero-order valence-corrected chi connectivity index (χ0v) is 12.9. The lowest BCUT2D eigenvalue weighted by Crippen LogP contribution is -2.09. The molecule has 0 spiro atoms. The Morgan fingerprint density at radius 3 is 2.33 bits per heavy atom. The van der Waals surface area contributed by atoms with Crippen LogP contribution < -0.4 is 0 Å². The van der Waals surface area contributed by atoms with Gasteiger partial charge in [0, 0.05) is 12.8 Å². The van der Waals surface area contributed by atoms with Crippen LogP contribution in [0.25, 0.3) is 0 Å². The van der Waals surface area contributed by atoms with E-state index < -0.39 is 0 Å². The molecule has 0 aliphatic rings. The minimum Gasteiger partial charge on any atom is -0.466 e. The van der Waals surface area contributed by atoms with Gasteiger partial charge in [-0.25, -0.2) is 0 Å². The van der Waals surface area contributed by atoms with Gasteiger partial charge in [-0.3, -0.25) is 9.59 Å². The lowest BCUT2D eigenvalue weighted by Gasteiger charge is -2.07. The molecule has 116 valence electrons. The first-order chi connectivity index (χ1) is 10.1. The first-order valence-electron chi connectivity index (χ1n) is 7.49. The molecule has 21 heavy (non-hydrogen) atoms. The first kappa shape index (κ1) is 17.2. The number of unbranched alkanes of at least 4 members (excludes halogenated alkanes) is 1. The maximum Gasteiger partial charge on any atom is 0.306 e. The Labute approximate surface area is 126 Å². The topological polar surface area (TPSA) is 52.6 Å². The quantitative estimate of drug-likeness (QED) is 0.516. The Morgan fingerprint density at radius 1 is 1.00 bits per heavy atom. The molecule has 0 heterocycles. The monoisotopic (exact) mass is 292 g/mol. The average Bonchev–Trinajstić information content (AvgIpc) is 2.47. The normalized spacial score (nSPS) is 10.2. The Hall–Kier alpha value is -1.84. The largest absolute Gasteiger partial charge is 0.466 e. The average molecular weight is 292 g/mol. The Balaban J connectivity index is 2.14. The van der Waals surface area contributed by atoms with Crippen molar-refractivity contribution < 1.29 is 19.1 Å². The number of esters is 2. The van der Waals surface area contributed by atoms with Crippen molar-refractivity contribution in [3.63, 3.8) is 0 Å². The predicted octanol–water partition coefficient (Wildman–Crippen LogP) is 3.55. The molecule has 0 amide bonds. The minimum atomic E-state index is -0.278. The van der Waals surface area contributed by atoms with Gasteiger partial charge in [0.15, 0.2) is 0 Å². The van der Waals surface area contributed by atoms with Crippen LogP contribution in [0.1, 0.15) is 50.2 Å². The number of hydrogen-bond donors (Lipinski definition) is 0. The van der Waals surface area contributed by atoms with Crippen LogP contribution in [-0.2, 0) is 25.7 Å². The van der Waals surface area contributed by atoms with Crippen molar-refractivity contribution in [1.82, 2.24) is 0 Å². The van der Waals surface area contributed by atoms with E-state index in [-0.39, 0.29) is 31.4 Å². The second-order valence-corrected chi connectivity index (χ2v) is 5.01. The van der Waals surface area contributed by atoms with E-state index in [1.807, 2.05) is 38.1 Å². The number of benzene rings is 1. The fourth-order valence-electron chi connectivity index (χ4n) is 1.78. The molecule has 0 aliphatic heterocycles. The van der Waals surface area contributed by atoms with E-state index in [0.29, 0.717) is 13.0 Å². The maximum absolute atomic E-state index is 11.6. The molecule has 1 aromatic rings. The van der Waals surface area contributed by atoms with E-state index in [1.54, 1.807) is 0 Å². The summed E-state index contributed by atoms with van der Waals surface area (Å²) in [5.74, 6) is -0.519. The van der Waals surface area contributed by atoms with Crippen molar-refractivity contribution in [1.29, 1.82) is 0 Å². The standard InChI is InChI=1S/C17H24O4/c1-3-4-12-20-16(18)10-7-11-17(19)21-13-15-9-6-5-8-14(15)2/h5-6,8-9H,3-4,7,10-13H2,1-2H3. The van der Waals surface area contributed by atoms with Crippen LogP contribution in [0.4, 0.5) is 0 Å². The molecule has 0 bridgehead atoms. The van der Waals surface area contributed by atoms with Gasteiger partial charge in [-0.15, -0.1) is 0 Å². The van der Waals surface area contributed by atoms with E-state index in [4.69, 9.17) is 9.47 Å². The first-order valence-corrected chi connectivity index (χ1v) is 7.49. The number of carbonyl (C=O) groups is 2. The molecule has 0 aromatic heterocycles. The van der Waals surface area contributed by atoms with Crippen LogP contribution in [0.2, 0.25) is 0 Å². The minimum absolute atomic E-state index is 0.241. The van der Waals surface area contributed by atoms with Gasteiger partial charge in [0.1, 0.15) is 6.61 Å². The van der Waals surface area contributed by atoms with Crippen LogP contribution in [0, 0.1) is 6.92 Å². The summed E-state index contributed by atoms with van der Waals surface area (Å²) in [5, 5.41) is 0. The van der Waals surface area contributed by atoms with Gasteiger partial charge in [-0.05, 0) is 30.9 Å². The van der Waals surface area contributed by atoms with Crippen molar-refractivity contribution >= 4 is 11.9 Å². The summed E-state index contributed by atoms with van der Waals surface area (Å²) >= 11 is 0. The molecule has 0 N–H and O–H groups in total. The van der Waals surface area contributed by atoms with Gasteiger partial charge in [0.2, 0.25) is 0 Å². The van der Waals surface area contributed by atoms with Gasteiger partial charge in [-0.2, -0.15) is 0 Å². The van der Waals surface area contributed by atoms with Crippen molar-refractivity contribution in [2.45, 2.75) is 52.6 Å². The second kappa shape index (κ2) is 9.97. The summed E-state index contributed by atoms with van der Waals surface area (Å²) in [6.07, 6.45) is 2.86. The SMILES string of the molecule is CCCCOC(=O)CCCC(=O)OCc1ccccc1C. The molecular weight excluding hydrogens is 268 g/mol. The molecular formula is C17H24O4. The number of hydrogen-bond acceptors (Lipinski definition) is 4. The maximum atomic E-state index is 11.6. The van der Waals surface area contributed by atoms with E-state index in [9.17, 15) is 9.59 Å². The van der Waals surface area contributed by atoms with E-state index in [2.05, 4.69) is 0 Å². The van der Waals surface area contributed by atoms with Crippen molar-refractivity contribution in [3.8, 4) is 0 Å². The number of rotatable bonds is 9. The smallest absolute Gasteiger partial charge is 0.306 e. The lowest BCUT2D eigenvalue weighted by atomic mass is 10.1. The molecule has 1 rings (SSSR count). The van der Waals surface area contributed by atoms with Crippen molar-refractivity contribution in [3.05, 3.63) is 35.4 Å².